The molecule has 1 amide bonds. The number of aliphatic hydroxyl groups excluding tert-OH is 1. The van der Waals surface area contributed by atoms with Gasteiger partial charge in [-0.15, -0.1) is 0 Å². The second kappa shape index (κ2) is 7.16. The Balaban J connectivity index is 2.01. The van der Waals surface area contributed by atoms with Crippen LogP contribution in [0.4, 0.5) is 0 Å². The molecular weight excluding hydrogens is 270 g/mol. The van der Waals surface area contributed by atoms with Crippen molar-refractivity contribution in [2.24, 2.45) is 5.10 Å². The number of rotatable bonds is 5. The van der Waals surface area contributed by atoms with E-state index >= 15 is 0 Å². The van der Waals surface area contributed by atoms with Crippen molar-refractivity contribution < 1.29 is 14.6 Å². The minimum absolute atomic E-state index is 0.159. The highest BCUT2D eigenvalue weighted by Crippen LogP contribution is 2.14. The minimum atomic E-state index is -0.377. The Kier molecular flexibility index (Phi) is 5.00. The fourth-order valence-corrected chi connectivity index (χ4v) is 1.65. The van der Waals surface area contributed by atoms with Gasteiger partial charge in [0.15, 0.2) is 0 Å². The highest BCUT2D eigenvalue weighted by atomic mass is 16.5. The number of ether oxygens (including phenoxy) is 1. The van der Waals surface area contributed by atoms with Gasteiger partial charge in [0.25, 0.3) is 5.91 Å². The van der Waals surface area contributed by atoms with Gasteiger partial charge in [0.2, 0.25) is 0 Å². The van der Waals surface area contributed by atoms with E-state index in [0.717, 1.165) is 5.56 Å². The summed E-state index contributed by atoms with van der Waals surface area (Å²) in [5.74, 6) is 0.294. The summed E-state index contributed by atoms with van der Waals surface area (Å²) < 4.78 is 5.18. The van der Waals surface area contributed by atoms with Crippen LogP contribution >= 0.6 is 0 Å². The normalized spacial score (nSPS) is 10.6. The quantitative estimate of drug-likeness (QED) is 0.641. The third-order valence-corrected chi connectivity index (χ3v) is 2.76. The molecule has 1 aromatic heterocycles. The lowest BCUT2D eigenvalue weighted by Gasteiger charge is -2.03. The first-order valence-electron chi connectivity index (χ1n) is 6.27. The maximum atomic E-state index is 11.8. The largest absolute Gasteiger partial charge is 0.496 e. The Labute approximate surface area is 122 Å². The van der Waals surface area contributed by atoms with Crippen molar-refractivity contribution in [1.29, 1.82) is 0 Å². The molecule has 0 aliphatic heterocycles. The van der Waals surface area contributed by atoms with Gasteiger partial charge in [-0.2, -0.15) is 5.10 Å². The molecule has 0 unspecified atom stereocenters. The molecule has 2 N–H and O–H groups in total. The number of para-hydroxylation sites is 1. The Morgan fingerprint density at radius 2 is 2.19 bits per heavy atom. The average molecular weight is 285 g/mol. The molecule has 108 valence electrons. The van der Waals surface area contributed by atoms with Gasteiger partial charge in [-0.3, -0.25) is 9.78 Å². The van der Waals surface area contributed by atoms with Crippen molar-refractivity contribution in [3.63, 3.8) is 0 Å². The lowest BCUT2D eigenvalue weighted by atomic mass is 10.2. The van der Waals surface area contributed by atoms with E-state index in [1.54, 1.807) is 25.3 Å². The zero-order chi connectivity index (χ0) is 15.1. The van der Waals surface area contributed by atoms with Gasteiger partial charge in [-0.05, 0) is 24.3 Å². The van der Waals surface area contributed by atoms with E-state index in [2.05, 4.69) is 15.5 Å². The average Bonchev–Trinajstić information content (AvgIpc) is 2.55. The van der Waals surface area contributed by atoms with Gasteiger partial charge in [-0.1, -0.05) is 12.1 Å². The summed E-state index contributed by atoms with van der Waals surface area (Å²) in [5.41, 5.74) is 4.04. The van der Waals surface area contributed by atoms with Crippen LogP contribution in [0, 0.1) is 0 Å². The first-order valence-corrected chi connectivity index (χ1v) is 6.27. The third-order valence-electron chi connectivity index (χ3n) is 2.76. The summed E-state index contributed by atoms with van der Waals surface area (Å²) >= 11 is 0. The first-order chi connectivity index (χ1) is 10.2. The summed E-state index contributed by atoms with van der Waals surface area (Å²) in [4.78, 5) is 15.8. The van der Waals surface area contributed by atoms with Crippen molar-refractivity contribution in [3.8, 4) is 5.75 Å². The van der Waals surface area contributed by atoms with Crippen LogP contribution in [-0.4, -0.2) is 29.3 Å². The molecule has 0 radical (unpaired) electrons. The van der Waals surface area contributed by atoms with E-state index in [-0.39, 0.29) is 12.5 Å². The summed E-state index contributed by atoms with van der Waals surface area (Å²) in [6, 6.07) is 10.5. The maximum absolute atomic E-state index is 11.8. The first kappa shape index (κ1) is 14.7. The monoisotopic (exact) mass is 285 g/mol. The van der Waals surface area contributed by atoms with Crippen molar-refractivity contribution >= 4 is 12.1 Å². The molecular formula is C15H15N3O3. The molecule has 0 saturated carbocycles. The molecule has 2 aromatic rings. The maximum Gasteiger partial charge on any atom is 0.272 e. The molecule has 6 nitrogen and oxygen atoms in total. The zero-order valence-electron chi connectivity index (χ0n) is 11.5. The number of aliphatic hydroxyl groups is 1. The van der Waals surface area contributed by atoms with Crippen LogP contribution in [0.3, 0.4) is 0 Å². The molecule has 0 saturated heterocycles. The van der Waals surface area contributed by atoms with Crippen molar-refractivity contribution in [2.75, 3.05) is 7.11 Å². The lowest BCUT2D eigenvalue weighted by molar-refractivity contribution is 0.0954. The lowest BCUT2D eigenvalue weighted by Crippen LogP contribution is -2.18. The summed E-state index contributed by atoms with van der Waals surface area (Å²) in [5, 5.41) is 12.8. The predicted molar refractivity (Wildman–Crippen MR) is 78.2 cm³/mol. The zero-order valence-corrected chi connectivity index (χ0v) is 11.5. The highest BCUT2D eigenvalue weighted by molar-refractivity contribution is 5.94. The second-order valence-electron chi connectivity index (χ2n) is 4.14. The van der Waals surface area contributed by atoms with E-state index in [4.69, 9.17) is 9.84 Å². The number of benzene rings is 1. The summed E-state index contributed by atoms with van der Waals surface area (Å²) in [6.07, 6.45) is 2.89. The van der Waals surface area contributed by atoms with Crippen LogP contribution in [0.25, 0.3) is 0 Å². The molecule has 21 heavy (non-hydrogen) atoms. The molecule has 0 bridgehead atoms. The van der Waals surface area contributed by atoms with Crippen LogP contribution < -0.4 is 10.2 Å². The van der Waals surface area contributed by atoms with Gasteiger partial charge in [0, 0.05) is 11.8 Å². The van der Waals surface area contributed by atoms with Crippen LogP contribution in [0.5, 0.6) is 5.75 Å². The van der Waals surface area contributed by atoms with E-state index < -0.39 is 0 Å². The molecule has 0 spiro atoms. The fraction of sp³-hybridized carbons (Fsp3) is 0.133. The van der Waals surface area contributed by atoms with Gasteiger partial charge < -0.3 is 9.84 Å². The number of nitrogens with one attached hydrogen (secondary N) is 1. The highest BCUT2D eigenvalue weighted by Gasteiger charge is 2.04. The number of aromatic nitrogens is 1. The third kappa shape index (κ3) is 3.87. The van der Waals surface area contributed by atoms with E-state index in [1.807, 2.05) is 18.2 Å². The number of nitrogens with zero attached hydrogens (tertiary/aromatic N) is 2. The standard InChI is InChI=1S/C15H15N3O3/c1-21-14-5-3-2-4-11(14)9-17-18-15(20)12-6-7-13(10-19)16-8-12/h2-9,19H,10H2,1H3,(H,18,20). The number of carbonyl (C=O) groups excluding carboxylic acids is 1. The molecule has 6 heteroatoms. The summed E-state index contributed by atoms with van der Waals surface area (Å²) in [6.45, 7) is -0.159. The Morgan fingerprint density at radius 1 is 1.38 bits per heavy atom. The number of carbonyl (C=O) groups is 1. The number of amides is 1. The van der Waals surface area contributed by atoms with Gasteiger partial charge in [0.1, 0.15) is 5.75 Å². The van der Waals surface area contributed by atoms with Gasteiger partial charge >= 0.3 is 0 Å². The molecule has 1 aromatic carbocycles. The predicted octanol–water partition coefficient (Wildman–Crippen LogP) is 1.35. The number of pyridine rings is 1. The molecule has 1 heterocycles. The second-order valence-corrected chi connectivity index (χ2v) is 4.14. The Hall–Kier alpha value is -2.73. The Bertz CT molecular complexity index is 639. The van der Waals surface area contributed by atoms with Crippen LogP contribution in [0.15, 0.2) is 47.7 Å². The number of hydrogen-bond donors (Lipinski definition) is 2. The molecule has 0 fully saturated rings. The number of methoxy groups -OCH3 is 1. The van der Waals surface area contributed by atoms with Gasteiger partial charge in [0.05, 0.1) is 31.2 Å². The van der Waals surface area contributed by atoms with E-state index in [9.17, 15) is 4.79 Å². The van der Waals surface area contributed by atoms with E-state index in [1.165, 1.54) is 12.4 Å². The molecule has 0 atom stereocenters. The SMILES string of the molecule is COc1ccccc1C=NNC(=O)c1ccc(CO)nc1. The molecule has 0 aliphatic rings. The fourth-order valence-electron chi connectivity index (χ4n) is 1.65. The van der Waals surface area contributed by atoms with Crippen molar-refractivity contribution in [3.05, 3.63) is 59.4 Å². The van der Waals surface area contributed by atoms with Crippen molar-refractivity contribution in [1.82, 2.24) is 10.4 Å². The van der Waals surface area contributed by atoms with Crippen molar-refractivity contribution in [2.45, 2.75) is 6.61 Å². The number of hydrogen-bond acceptors (Lipinski definition) is 5. The van der Waals surface area contributed by atoms with Crippen LogP contribution in [0.2, 0.25) is 0 Å². The van der Waals surface area contributed by atoms with Gasteiger partial charge in [-0.25, -0.2) is 5.43 Å². The molecule has 0 aliphatic carbocycles. The Morgan fingerprint density at radius 3 is 2.86 bits per heavy atom. The van der Waals surface area contributed by atoms with E-state index in [0.29, 0.717) is 17.0 Å². The smallest absolute Gasteiger partial charge is 0.272 e. The topological polar surface area (TPSA) is 83.8 Å². The van der Waals surface area contributed by atoms with Crippen LogP contribution in [0.1, 0.15) is 21.6 Å². The molecule has 2 rings (SSSR count). The van der Waals surface area contributed by atoms with Crippen LogP contribution in [-0.2, 0) is 6.61 Å². The number of hydrazone groups is 1. The summed E-state index contributed by atoms with van der Waals surface area (Å²) in [7, 11) is 1.57. The minimum Gasteiger partial charge on any atom is -0.496 e.